The molecule has 0 aromatic heterocycles. The predicted molar refractivity (Wildman–Crippen MR) is 289 cm³/mol. The minimum Gasteiger partial charge on any atom is -0.0654 e. The molecule has 0 aliphatic carbocycles. The summed E-state index contributed by atoms with van der Waals surface area (Å²) in [5.74, 6) is 0. The van der Waals surface area contributed by atoms with E-state index in [2.05, 4.69) is 34.6 Å². The lowest BCUT2D eigenvalue weighted by molar-refractivity contribution is 0.528. The van der Waals surface area contributed by atoms with E-state index >= 15 is 0 Å². The van der Waals surface area contributed by atoms with E-state index in [1.807, 2.05) is 0 Å². The minimum absolute atomic E-state index is 0.838. The van der Waals surface area contributed by atoms with Gasteiger partial charge in [0.05, 0.1) is 24.1 Å². The Morgan fingerprint density at radius 1 is 0.180 bits per heavy atom. The fraction of sp³-hybridized carbons (Fsp3) is 1.00. The van der Waals surface area contributed by atoms with Crippen LogP contribution in [0.15, 0.2) is 0 Å². The lowest BCUT2D eigenvalue weighted by atomic mass is 10.0. The van der Waals surface area contributed by atoms with Crippen LogP contribution in [0.3, 0.4) is 0 Å². The Kier molecular flexibility index (Phi) is 53.4. The summed E-state index contributed by atoms with van der Waals surface area (Å²) in [4.78, 5) is 0. The van der Waals surface area contributed by atoms with Gasteiger partial charge in [0.2, 0.25) is 0 Å². The first-order valence-electron chi connectivity index (χ1n) is 30.0. The molecule has 0 nitrogen and oxygen atoms in total. The molecule has 0 spiro atoms. The van der Waals surface area contributed by atoms with Gasteiger partial charge in [0.15, 0.2) is 0 Å². The van der Waals surface area contributed by atoms with Crippen LogP contribution in [0.1, 0.15) is 362 Å². The largest absolute Gasteiger partial charge is 0.0654 e. The fourth-order valence-corrected chi connectivity index (χ4v) is 15.3. The highest BCUT2D eigenvalue weighted by atomic mass is 31.2. The molecule has 0 bridgehead atoms. The topological polar surface area (TPSA) is 0 Å². The van der Waals surface area contributed by atoms with Crippen LogP contribution < -0.4 is 0 Å². The molecular formula is C60H124P+. The van der Waals surface area contributed by atoms with Gasteiger partial charge in [-0.1, -0.05) is 310 Å². The van der Waals surface area contributed by atoms with Gasteiger partial charge in [0.25, 0.3) is 0 Å². The highest BCUT2D eigenvalue weighted by Gasteiger charge is 2.39. The van der Waals surface area contributed by atoms with E-state index in [0.29, 0.717) is 0 Å². The van der Waals surface area contributed by atoms with Crippen LogP contribution in [-0.4, -0.2) is 24.1 Å². The van der Waals surface area contributed by atoms with Crippen molar-refractivity contribution in [3.63, 3.8) is 0 Å². The zero-order valence-electron chi connectivity index (χ0n) is 44.2. The fourth-order valence-electron chi connectivity index (χ4n) is 10.6. The minimum atomic E-state index is -0.838. The Morgan fingerprint density at radius 3 is 0.410 bits per heavy atom. The number of rotatable bonds is 55. The lowest BCUT2D eigenvalue weighted by Gasteiger charge is -2.32. The summed E-state index contributed by atoms with van der Waals surface area (Å²) < 4.78 is 0. The summed E-state index contributed by atoms with van der Waals surface area (Å²) in [7, 11) is -0.838. The molecule has 0 unspecified atom stereocenters. The molecular weight excluding hydrogens is 752 g/mol. The molecule has 0 saturated carbocycles. The first-order chi connectivity index (χ1) is 30.1. The summed E-state index contributed by atoms with van der Waals surface area (Å²) in [6, 6.07) is 0. The summed E-state index contributed by atoms with van der Waals surface area (Å²) in [6.45, 7) is 12.3. The smallest absolute Gasteiger partial charge is 0.0641 e. The van der Waals surface area contributed by atoms with Gasteiger partial charge in [-0.3, -0.25) is 0 Å². The maximum absolute atomic E-state index is 2.66. The van der Waals surface area contributed by atoms with Gasteiger partial charge in [0.1, 0.15) is 0 Å². The Bertz CT molecular complexity index is 663. The second-order valence-electron chi connectivity index (χ2n) is 21.5. The third-order valence-electron chi connectivity index (χ3n) is 15.2. The van der Waals surface area contributed by atoms with Gasteiger partial charge in [-0.2, -0.15) is 0 Å². The molecule has 0 N–H and O–H groups in total. The molecule has 0 saturated heterocycles. The molecule has 0 amide bonds. The van der Waals surface area contributed by atoms with Gasteiger partial charge in [0, 0.05) is 7.26 Å². The Labute approximate surface area is 391 Å². The summed E-state index contributed by atoms with van der Waals surface area (Å²) >= 11 is 0. The first kappa shape index (κ1) is 61.4. The van der Waals surface area contributed by atoms with E-state index in [1.165, 1.54) is 308 Å². The van der Waals surface area contributed by atoms with E-state index in [1.54, 1.807) is 37.7 Å². The van der Waals surface area contributed by atoms with Crippen LogP contribution >= 0.6 is 7.26 Å². The van der Waals surface area contributed by atoms with E-state index in [9.17, 15) is 0 Å². The van der Waals surface area contributed by atoms with Crippen molar-refractivity contribution in [1.82, 2.24) is 0 Å². The molecule has 1 heteroatoms. The molecule has 0 aliphatic heterocycles. The summed E-state index contributed by atoms with van der Waals surface area (Å²) in [5.41, 5.74) is 0.954. The van der Waals surface area contributed by atoms with Crippen LogP contribution in [0, 0.1) is 0 Å². The third kappa shape index (κ3) is 46.8. The molecule has 368 valence electrons. The van der Waals surface area contributed by atoms with Crippen molar-refractivity contribution < 1.29 is 0 Å². The van der Waals surface area contributed by atoms with Gasteiger partial charge < -0.3 is 0 Å². The maximum atomic E-state index is 2.66. The van der Waals surface area contributed by atoms with Gasteiger partial charge in [-0.25, -0.2) is 0 Å². The molecule has 0 aromatic rings. The van der Waals surface area contributed by atoms with E-state index in [4.69, 9.17) is 0 Å². The molecule has 0 rings (SSSR count). The molecule has 0 heterocycles. The van der Waals surface area contributed by atoms with E-state index in [0.717, 1.165) is 5.66 Å². The van der Waals surface area contributed by atoms with Crippen molar-refractivity contribution in [2.45, 2.75) is 368 Å². The summed E-state index contributed by atoms with van der Waals surface area (Å²) in [5, 5.41) is 0. The van der Waals surface area contributed by atoms with E-state index in [-0.39, 0.29) is 0 Å². The molecule has 0 atom stereocenters. The van der Waals surface area contributed by atoms with Gasteiger partial charge in [-0.15, -0.1) is 0 Å². The number of unbranched alkanes of at least 4 members (excludes halogenated alkanes) is 48. The quantitative estimate of drug-likeness (QED) is 0.0422. The van der Waals surface area contributed by atoms with Crippen LogP contribution in [-0.2, 0) is 0 Å². The standard InChI is InChI=1S/C60H124P/c1-6-9-12-15-18-21-24-27-30-33-36-39-42-45-48-51-54-57-61(60(4)5,58-55-52-49-46-43-40-37-34-31-28-25-22-19-16-13-10-7-2)59-56-53-50-47-44-41-38-35-32-29-26-23-20-17-14-11-8-3/h60H,6-59H2,1-5H3/q+1. The van der Waals surface area contributed by atoms with Crippen LogP contribution in [0.5, 0.6) is 0 Å². The molecule has 0 fully saturated rings. The van der Waals surface area contributed by atoms with E-state index < -0.39 is 7.26 Å². The van der Waals surface area contributed by atoms with Crippen molar-refractivity contribution >= 4 is 7.26 Å². The maximum Gasteiger partial charge on any atom is 0.0641 e. The second-order valence-corrected chi connectivity index (χ2v) is 26.3. The van der Waals surface area contributed by atoms with Crippen LogP contribution in [0.4, 0.5) is 0 Å². The van der Waals surface area contributed by atoms with Gasteiger partial charge >= 0.3 is 0 Å². The van der Waals surface area contributed by atoms with Crippen molar-refractivity contribution in [3.8, 4) is 0 Å². The highest BCUT2D eigenvalue weighted by molar-refractivity contribution is 7.76. The molecule has 0 aromatic carbocycles. The Hall–Kier alpha value is 0.430. The zero-order valence-corrected chi connectivity index (χ0v) is 45.1. The van der Waals surface area contributed by atoms with Crippen molar-refractivity contribution in [2.75, 3.05) is 18.5 Å². The number of hydrogen-bond donors (Lipinski definition) is 0. The van der Waals surface area contributed by atoms with Crippen molar-refractivity contribution in [3.05, 3.63) is 0 Å². The Morgan fingerprint density at radius 2 is 0.295 bits per heavy atom. The normalized spacial score (nSPS) is 12.1. The zero-order chi connectivity index (χ0) is 44.3. The summed E-state index contributed by atoms with van der Waals surface area (Å²) in [6.07, 6.45) is 80.7. The lowest BCUT2D eigenvalue weighted by Crippen LogP contribution is -2.18. The first-order valence-corrected chi connectivity index (χ1v) is 32.4. The molecule has 0 radical (unpaired) electrons. The van der Waals surface area contributed by atoms with Crippen LogP contribution in [0.25, 0.3) is 0 Å². The van der Waals surface area contributed by atoms with Crippen molar-refractivity contribution in [1.29, 1.82) is 0 Å². The Balaban J connectivity index is 4.31. The number of hydrogen-bond acceptors (Lipinski definition) is 0. The SMILES string of the molecule is CCCCCCCCCCCCCCCCCCC[P+](CCCCCCCCCCCCCCCCCCC)(CCCCCCCCCCCCCCCCCCC)C(C)C. The van der Waals surface area contributed by atoms with Crippen molar-refractivity contribution in [2.24, 2.45) is 0 Å². The second kappa shape index (κ2) is 53.0. The molecule has 61 heavy (non-hydrogen) atoms. The average molecular weight is 877 g/mol. The third-order valence-corrected chi connectivity index (χ3v) is 21.0. The van der Waals surface area contributed by atoms with Gasteiger partial charge in [-0.05, 0) is 52.4 Å². The highest BCUT2D eigenvalue weighted by Crippen LogP contribution is 2.64. The average Bonchev–Trinajstić information content (AvgIpc) is 3.26. The monoisotopic (exact) mass is 876 g/mol. The van der Waals surface area contributed by atoms with Crippen LogP contribution in [0.2, 0.25) is 0 Å². The molecule has 0 aliphatic rings. The predicted octanol–water partition coefficient (Wildman–Crippen LogP) is 23.4.